The molecule has 1 fully saturated rings. The molecule has 10 heavy (non-hydrogen) atoms. The molecule has 1 rings (SSSR count). The highest BCUT2D eigenvalue weighted by atomic mass is 19.3. The number of rotatable bonds is 4. The third-order valence-electron chi connectivity index (χ3n) is 2.16. The fraction of sp³-hybridized carbons (Fsp3) is 1.00. The van der Waals surface area contributed by atoms with Crippen LogP contribution in [0, 0.1) is 0 Å². The lowest BCUT2D eigenvalue weighted by Gasteiger charge is -2.13. The molecule has 0 unspecified atom stereocenters. The SMILES string of the molecule is CCC1(NCC(F)F)CC1. The van der Waals surface area contributed by atoms with Crippen molar-refractivity contribution in [3.63, 3.8) is 0 Å². The molecule has 0 aromatic carbocycles. The lowest BCUT2D eigenvalue weighted by molar-refractivity contribution is 0.139. The van der Waals surface area contributed by atoms with Crippen LogP contribution in [0.2, 0.25) is 0 Å². The van der Waals surface area contributed by atoms with Gasteiger partial charge in [0.25, 0.3) is 6.43 Å². The van der Waals surface area contributed by atoms with Crippen LogP contribution in [0.1, 0.15) is 26.2 Å². The molecule has 1 saturated carbocycles. The van der Waals surface area contributed by atoms with E-state index >= 15 is 0 Å². The van der Waals surface area contributed by atoms with Crippen molar-refractivity contribution in [2.75, 3.05) is 6.54 Å². The zero-order valence-corrected chi connectivity index (χ0v) is 6.16. The largest absolute Gasteiger partial charge is 0.306 e. The van der Waals surface area contributed by atoms with Gasteiger partial charge in [-0.05, 0) is 19.3 Å². The van der Waals surface area contributed by atoms with Gasteiger partial charge in [-0.3, -0.25) is 0 Å². The van der Waals surface area contributed by atoms with Crippen LogP contribution in [-0.2, 0) is 0 Å². The van der Waals surface area contributed by atoms with Crippen LogP contribution in [0.25, 0.3) is 0 Å². The molecule has 0 saturated heterocycles. The predicted octanol–water partition coefficient (Wildman–Crippen LogP) is 1.78. The molecule has 0 aliphatic heterocycles. The fourth-order valence-corrected chi connectivity index (χ4v) is 1.10. The first-order valence-electron chi connectivity index (χ1n) is 3.72. The van der Waals surface area contributed by atoms with E-state index in [0.717, 1.165) is 19.3 Å². The molecule has 0 bridgehead atoms. The number of hydrogen-bond acceptors (Lipinski definition) is 1. The molecule has 1 N–H and O–H groups in total. The summed E-state index contributed by atoms with van der Waals surface area (Å²) >= 11 is 0. The lowest BCUT2D eigenvalue weighted by atomic mass is 10.2. The highest BCUT2D eigenvalue weighted by Crippen LogP contribution is 2.38. The van der Waals surface area contributed by atoms with Crippen molar-refractivity contribution in [3.05, 3.63) is 0 Å². The van der Waals surface area contributed by atoms with Crippen molar-refractivity contribution in [1.82, 2.24) is 5.32 Å². The molecule has 1 aliphatic carbocycles. The van der Waals surface area contributed by atoms with Gasteiger partial charge in [0, 0.05) is 5.54 Å². The van der Waals surface area contributed by atoms with Crippen molar-refractivity contribution in [1.29, 1.82) is 0 Å². The fourth-order valence-electron chi connectivity index (χ4n) is 1.10. The Morgan fingerprint density at radius 3 is 2.40 bits per heavy atom. The molecular weight excluding hydrogens is 136 g/mol. The Bertz CT molecular complexity index is 110. The Hall–Kier alpha value is -0.180. The predicted molar refractivity (Wildman–Crippen MR) is 36.3 cm³/mol. The summed E-state index contributed by atoms with van der Waals surface area (Å²) in [7, 11) is 0. The lowest BCUT2D eigenvalue weighted by Crippen LogP contribution is -2.34. The molecule has 0 radical (unpaired) electrons. The summed E-state index contributed by atoms with van der Waals surface area (Å²) in [6, 6.07) is 0. The Labute approximate surface area is 59.8 Å². The summed E-state index contributed by atoms with van der Waals surface area (Å²) in [4.78, 5) is 0. The van der Waals surface area contributed by atoms with Crippen molar-refractivity contribution in [3.8, 4) is 0 Å². The molecule has 0 spiro atoms. The Morgan fingerprint density at radius 2 is 2.10 bits per heavy atom. The van der Waals surface area contributed by atoms with Crippen LogP contribution in [0.15, 0.2) is 0 Å². The molecule has 1 aliphatic rings. The zero-order valence-electron chi connectivity index (χ0n) is 6.16. The highest BCUT2D eigenvalue weighted by Gasteiger charge is 2.40. The topological polar surface area (TPSA) is 12.0 Å². The van der Waals surface area contributed by atoms with Crippen LogP contribution in [-0.4, -0.2) is 18.5 Å². The van der Waals surface area contributed by atoms with Gasteiger partial charge in [0.15, 0.2) is 0 Å². The van der Waals surface area contributed by atoms with Gasteiger partial charge in [-0.15, -0.1) is 0 Å². The smallest absolute Gasteiger partial charge is 0.250 e. The summed E-state index contributed by atoms with van der Waals surface area (Å²) in [5.74, 6) is 0. The van der Waals surface area contributed by atoms with Crippen LogP contribution < -0.4 is 5.32 Å². The van der Waals surface area contributed by atoms with Crippen LogP contribution in [0.4, 0.5) is 8.78 Å². The second-order valence-corrected chi connectivity index (χ2v) is 2.91. The Kier molecular flexibility index (Phi) is 2.24. The van der Waals surface area contributed by atoms with E-state index in [1.54, 1.807) is 0 Å². The van der Waals surface area contributed by atoms with Gasteiger partial charge in [-0.1, -0.05) is 6.92 Å². The second-order valence-electron chi connectivity index (χ2n) is 2.91. The molecule has 3 heteroatoms. The van der Waals surface area contributed by atoms with Gasteiger partial charge in [-0.25, -0.2) is 8.78 Å². The Morgan fingerprint density at radius 1 is 1.50 bits per heavy atom. The van der Waals surface area contributed by atoms with Crippen LogP contribution in [0.3, 0.4) is 0 Å². The standard InChI is InChI=1S/C7H13F2N/c1-2-7(3-4-7)10-5-6(8)9/h6,10H,2-5H2,1H3. The number of nitrogens with one attached hydrogen (secondary N) is 1. The summed E-state index contributed by atoms with van der Waals surface area (Å²) < 4.78 is 23.3. The maximum Gasteiger partial charge on any atom is 0.250 e. The van der Waals surface area contributed by atoms with Crippen molar-refractivity contribution >= 4 is 0 Å². The first-order chi connectivity index (χ1) is 4.68. The maximum absolute atomic E-state index is 11.7. The summed E-state index contributed by atoms with van der Waals surface area (Å²) in [5, 5.41) is 2.87. The normalized spacial score (nSPS) is 21.6. The van der Waals surface area contributed by atoms with E-state index in [2.05, 4.69) is 5.32 Å². The van der Waals surface area contributed by atoms with E-state index in [0.29, 0.717) is 0 Å². The molecule has 60 valence electrons. The van der Waals surface area contributed by atoms with Gasteiger partial charge in [0.05, 0.1) is 6.54 Å². The molecule has 0 atom stereocenters. The maximum atomic E-state index is 11.7. The average molecular weight is 149 g/mol. The van der Waals surface area contributed by atoms with Gasteiger partial charge in [0.1, 0.15) is 0 Å². The average Bonchev–Trinajstić information content (AvgIpc) is 2.64. The van der Waals surface area contributed by atoms with Crippen molar-refractivity contribution < 1.29 is 8.78 Å². The molecular formula is C7H13F2N. The van der Waals surface area contributed by atoms with E-state index in [-0.39, 0.29) is 12.1 Å². The molecule has 1 nitrogen and oxygen atoms in total. The van der Waals surface area contributed by atoms with Gasteiger partial charge >= 0.3 is 0 Å². The minimum absolute atomic E-state index is 0.0937. The van der Waals surface area contributed by atoms with Crippen molar-refractivity contribution in [2.45, 2.75) is 38.2 Å². The van der Waals surface area contributed by atoms with E-state index < -0.39 is 6.43 Å². The Balaban J connectivity index is 2.13. The minimum atomic E-state index is -2.20. The second kappa shape index (κ2) is 2.82. The van der Waals surface area contributed by atoms with E-state index in [1.807, 2.05) is 6.92 Å². The summed E-state index contributed by atoms with van der Waals surface area (Å²) in [5.41, 5.74) is 0.0937. The number of halogens is 2. The molecule has 0 amide bonds. The number of hydrogen-bond donors (Lipinski definition) is 1. The minimum Gasteiger partial charge on any atom is -0.306 e. The zero-order chi connectivity index (χ0) is 7.61. The van der Waals surface area contributed by atoms with Gasteiger partial charge in [0.2, 0.25) is 0 Å². The molecule has 0 aromatic rings. The first-order valence-corrected chi connectivity index (χ1v) is 3.72. The van der Waals surface area contributed by atoms with E-state index in [9.17, 15) is 8.78 Å². The quantitative estimate of drug-likeness (QED) is 0.642. The monoisotopic (exact) mass is 149 g/mol. The van der Waals surface area contributed by atoms with Crippen LogP contribution >= 0.6 is 0 Å². The van der Waals surface area contributed by atoms with Crippen LogP contribution in [0.5, 0.6) is 0 Å². The summed E-state index contributed by atoms with van der Waals surface area (Å²) in [6.45, 7) is 1.89. The van der Waals surface area contributed by atoms with Gasteiger partial charge < -0.3 is 5.32 Å². The van der Waals surface area contributed by atoms with E-state index in [1.165, 1.54) is 0 Å². The summed E-state index contributed by atoms with van der Waals surface area (Å²) in [6.07, 6.45) is 0.899. The first kappa shape index (κ1) is 7.92. The highest BCUT2D eigenvalue weighted by molar-refractivity contribution is 5.00. The van der Waals surface area contributed by atoms with E-state index in [4.69, 9.17) is 0 Å². The molecule has 0 aromatic heterocycles. The number of alkyl halides is 2. The third kappa shape index (κ3) is 1.90. The van der Waals surface area contributed by atoms with Gasteiger partial charge in [-0.2, -0.15) is 0 Å². The third-order valence-corrected chi connectivity index (χ3v) is 2.16. The van der Waals surface area contributed by atoms with Crippen molar-refractivity contribution in [2.24, 2.45) is 0 Å². The molecule has 0 heterocycles.